The van der Waals surface area contributed by atoms with Crippen LogP contribution in [0.25, 0.3) is 22.0 Å². The summed E-state index contributed by atoms with van der Waals surface area (Å²) in [5, 5.41) is 9.09. The maximum absolute atomic E-state index is 15.6. The Bertz CT molecular complexity index is 1680. The van der Waals surface area contributed by atoms with Gasteiger partial charge >= 0.3 is 0 Å². The number of hydrogen-bond acceptors (Lipinski definition) is 7. The van der Waals surface area contributed by atoms with Crippen LogP contribution in [0.3, 0.4) is 0 Å². The van der Waals surface area contributed by atoms with E-state index in [0.717, 1.165) is 24.3 Å². The number of rotatable bonds is 9. The quantitative estimate of drug-likeness (QED) is 0.307. The molecule has 14 heteroatoms. The van der Waals surface area contributed by atoms with E-state index in [1.54, 1.807) is 0 Å². The van der Waals surface area contributed by atoms with Gasteiger partial charge in [0.05, 0.1) is 23.4 Å². The highest BCUT2D eigenvalue weighted by molar-refractivity contribution is 7.90. The van der Waals surface area contributed by atoms with Crippen LogP contribution in [-0.4, -0.2) is 68.7 Å². The van der Waals surface area contributed by atoms with Crippen LogP contribution in [0.4, 0.5) is 13.2 Å². The van der Waals surface area contributed by atoms with Crippen molar-refractivity contribution >= 4 is 38.2 Å². The third kappa shape index (κ3) is 5.70. The summed E-state index contributed by atoms with van der Waals surface area (Å²) in [6, 6.07) is 5.31. The highest BCUT2D eigenvalue weighted by atomic mass is 35.5. The Kier molecular flexibility index (Phi) is 8.14. The standard InChI is InChI=1S/C25H23ClF3N5O4S/c1-34(2)9-8-30-24(35)23-16-6-5-15(21(29)22(16)32-33-23)19-17(27)7-4-13(20(19)28)12-39(36,37)18-10-14(26)11-31-25(18)38-3/h4-7,10-11H,8-9,12H2,1-3H3,(H,30,35)(H,32,33). The molecule has 0 spiro atoms. The molecule has 0 aliphatic carbocycles. The van der Waals surface area contributed by atoms with E-state index < -0.39 is 55.6 Å². The molecule has 4 rings (SSSR count). The third-order valence-electron chi connectivity index (χ3n) is 5.84. The molecule has 0 saturated heterocycles. The molecule has 2 N–H and O–H groups in total. The SMILES string of the molecule is COc1ncc(Cl)cc1S(=O)(=O)Cc1ccc(F)c(-c2ccc3c(C(=O)NCCN(C)C)[nH]nc3c2F)c1F. The zero-order valence-electron chi connectivity index (χ0n) is 21.0. The van der Waals surface area contributed by atoms with E-state index in [2.05, 4.69) is 20.5 Å². The lowest BCUT2D eigenvalue weighted by molar-refractivity contribution is 0.0947. The first-order chi connectivity index (χ1) is 18.4. The number of pyridine rings is 1. The van der Waals surface area contributed by atoms with Gasteiger partial charge in [-0.25, -0.2) is 26.6 Å². The largest absolute Gasteiger partial charge is 0.480 e. The summed E-state index contributed by atoms with van der Waals surface area (Å²) in [7, 11) is 0.609. The fourth-order valence-electron chi connectivity index (χ4n) is 3.92. The van der Waals surface area contributed by atoms with Crippen LogP contribution in [0.2, 0.25) is 5.02 Å². The molecule has 0 fully saturated rings. The molecule has 0 unspecified atom stereocenters. The summed E-state index contributed by atoms with van der Waals surface area (Å²) >= 11 is 5.88. The van der Waals surface area contributed by atoms with E-state index in [1.165, 1.54) is 19.4 Å². The highest BCUT2D eigenvalue weighted by Crippen LogP contribution is 2.35. The van der Waals surface area contributed by atoms with Crippen LogP contribution in [0.5, 0.6) is 5.88 Å². The first-order valence-corrected chi connectivity index (χ1v) is 13.5. The van der Waals surface area contributed by atoms with Crippen molar-refractivity contribution in [3.8, 4) is 17.0 Å². The van der Waals surface area contributed by atoms with Crippen molar-refractivity contribution in [1.82, 2.24) is 25.4 Å². The zero-order valence-corrected chi connectivity index (χ0v) is 22.6. The van der Waals surface area contributed by atoms with E-state index in [-0.39, 0.29) is 32.4 Å². The Balaban J connectivity index is 1.72. The van der Waals surface area contributed by atoms with Crippen LogP contribution < -0.4 is 10.1 Å². The van der Waals surface area contributed by atoms with Gasteiger partial charge in [-0.3, -0.25) is 9.89 Å². The normalized spacial score (nSPS) is 11.8. The number of benzene rings is 2. The summed E-state index contributed by atoms with van der Waals surface area (Å²) in [5.41, 5.74) is -2.02. The minimum atomic E-state index is -4.27. The van der Waals surface area contributed by atoms with Crippen molar-refractivity contribution in [2.24, 2.45) is 0 Å². The number of sulfone groups is 1. The number of carbonyl (C=O) groups is 1. The number of halogens is 4. The molecule has 0 bridgehead atoms. The summed E-state index contributed by atoms with van der Waals surface area (Å²) < 4.78 is 77.1. The van der Waals surface area contributed by atoms with Gasteiger partial charge in [0, 0.05) is 35.8 Å². The van der Waals surface area contributed by atoms with Crippen molar-refractivity contribution in [3.63, 3.8) is 0 Å². The van der Waals surface area contributed by atoms with Gasteiger partial charge in [-0.05, 0) is 32.3 Å². The monoisotopic (exact) mass is 581 g/mol. The van der Waals surface area contributed by atoms with Gasteiger partial charge in [-0.15, -0.1) is 0 Å². The first-order valence-electron chi connectivity index (χ1n) is 11.4. The summed E-state index contributed by atoms with van der Waals surface area (Å²) in [6.45, 7) is 0.900. The Hall–Kier alpha value is -3.68. The number of aromatic amines is 1. The lowest BCUT2D eigenvalue weighted by Gasteiger charge is -2.13. The summed E-state index contributed by atoms with van der Waals surface area (Å²) in [5.74, 6) is -5.17. The fraction of sp³-hybridized carbons (Fsp3) is 0.240. The molecule has 0 aliphatic rings. The van der Waals surface area contributed by atoms with Crippen LogP contribution in [0.1, 0.15) is 16.1 Å². The number of carbonyl (C=O) groups excluding carboxylic acids is 1. The van der Waals surface area contributed by atoms with E-state index in [9.17, 15) is 17.6 Å². The number of H-pyrrole nitrogens is 1. The van der Waals surface area contributed by atoms with Gasteiger partial charge in [0.2, 0.25) is 5.88 Å². The van der Waals surface area contributed by atoms with Gasteiger partial charge < -0.3 is 15.0 Å². The molecule has 2 aromatic carbocycles. The lowest BCUT2D eigenvalue weighted by Crippen LogP contribution is -2.31. The number of methoxy groups -OCH3 is 1. The van der Waals surface area contributed by atoms with Crippen LogP contribution >= 0.6 is 11.6 Å². The molecule has 2 heterocycles. The van der Waals surface area contributed by atoms with Crippen LogP contribution in [-0.2, 0) is 15.6 Å². The number of likely N-dealkylation sites (N-methyl/N-ethyl adjacent to an activating group) is 1. The van der Waals surface area contributed by atoms with Crippen LogP contribution in [0, 0.1) is 17.5 Å². The molecule has 4 aromatic rings. The predicted octanol–water partition coefficient (Wildman–Crippen LogP) is 3.97. The van der Waals surface area contributed by atoms with Crippen molar-refractivity contribution in [3.05, 3.63) is 70.3 Å². The fourth-order valence-corrected chi connectivity index (χ4v) is 5.64. The van der Waals surface area contributed by atoms with Crippen LogP contribution in [0.15, 0.2) is 41.4 Å². The smallest absolute Gasteiger partial charge is 0.269 e. The summed E-state index contributed by atoms with van der Waals surface area (Å²) in [4.78, 5) is 17.8. The van der Waals surface area contributed by atoms with Crippen molar-refractivity contribution in [2.75, 3.05) is 34.3 Å². The van der Waals surface area contributed by atoms with E-state index in [4.69, 9.17) is 16.3 Å². The van der Waals surface area contributed by atoms with Gasteiger partial charge in [0.15, 0.2) is 15.7 Å². The maximum atomic E-state index is 15.6. The molecule has 0 radical (unpaired) electrons. The molecule has 2 aromatic heterocycles. The number of amides is 1. The second kappa shape index (κ2) is 11.2. The number of aromatic nitrogens is 3. The van der Waals surface area contributed by atoms with E-state index in [1.807, 2.05) is 19.0 Å². The summed E-state index contributed by atoms with van der Waals surface area (Å²) in [6.07, 6.45) is 1.18. The Morgan fingerprint density at radius 3 is 2.59 bits per heavy atom. The molecular weight excluding hydrogens is 559 g/mol. The number of nitrogens with one attached hydrogen (secondary N) is 2. The lowest BCUT2D eigenvalue weighted by atomic mass is 9.99. The first kappa shape index (κ1) is 28.3. The molecule has 0 aliphatic heterocycles. The zero-order chi connectivity index (χ0) is 28.5. The maximum Gasteiger partial charge on any atom is 0.269 e. The molecule has 1 amide bonds. The second-order valence-corrected chi connectivity index (χ2v) is 11.2. The van der Waals surface area contributed by atoms with Gasteiger partial charge in [0.25, 0.3) is 5.91 Å². The van der Waals surface area contributed by atoms with Crippen molar-refractivity contribution in [2.45, 2.75) is 10.6 Å². The molecular formula is C25H23ClF3N5O4S. The Labute approximate surface area is 226 Å². The molecule has 206 valence electrons. The molecule has 0 saturated carbocycles. The van der Waals surface area contributed by atoms with E-state index >= 15 is 8.78 Å². The number of nitrogens with zero attached hydrogens (tertiary/aromatic N) is 3. The number of hydrogen-bond donors (Lipinski definition) is 2. The van der Waals surface area contributed by atoms with Gasteiger partial charge in [-0.1, -0.05) is 23.7 Å². The van der Waals surface area contributed by atoms with Crippen molar-refractivity contribution in [1.29, 1.82) is 0 Å². The topological polar surface area (TPSA) is 117 Å². The van der Waals surface area contributed by atoms with Gasteiger partial charge in [-0.2, -0.15) is 5.10 Å². The highest BCUT2D eigenvalue weighted by Gasteiger charge is 2.27. The van der Waals surface area contributed by atoms with Crippen molar-refractivity contribution < 1.29 is 31.1 Å². The average Bonchev–Trinajstić information content (AvgIpc) is 3.32. The number of fused-ring (bicyclic) bond motifs is 1. The molecule has 9 nitrogen and oxygen atoms in total. The Morgan fingerprint density at radius 2 is 1.90 bits per heavy atom. The average molecular weight is 582 g/mol. The minimum absolute atomic E-state index is 0.00905. The molecule has 0 atom stereocenters. The number of ether oxygens (including phenoxy) is 1. The van der Waals surface area contributed by atoms with Gasteiger partial charge in [0.1, 0.15) is 27.7 Å². The second-order valence-electron chi connectivity index (χ2n) is 8.80. The van der Waals surface area contributed by atoms with E-state index in [0.29, 0.717) is 13.1 Å². The molecule has 39 heavy (non-hydrogen) atoms. The minimum Gasteiger partial charge on any atom is -0.480 e. The Morgan fingerprint density at radius 1 is 1.15 bits per heavy atom. The predicted molar refractivity (Wildman–Crippen MR) is 139 cm³/mol. The third-order valence-corrected chi connectivity index (χ3v) is 7.70.